The maximum Gasteiger partial charge on any atom is 0.320 e. The van der Waals surface area contributed by atoms with Crippen LogP contribution in [-0.2, 0) is 0 Å². The molecule has 0 aromatic carbocycles. The number of likely N-dealkylation sites (tertiary alicyclic amines) is 1. The number of amides is 2. The minimum absolute atomic E-state index is 0.286. The summed E-state index contributed by atoms with van der Waals surface area (Å²) in [6, 6.07) is 0.286. The molecule has 2 aliphatic heterocycles. The maximum atomic E-state index is 12.0. The van der Waals surface area contributed by atoms with Gasteiger partial charge in [0, 0.05) is 26.2 Å². The molecule has 0 saturated carbocycles. The molecule has 2 amide bonds. The number of nitrogens with zero attached hydrogens (tertiary/aromatic N) is 2. The van der Waals surface area contributed by atoms with Crippen LogP contribution in [0.4, 0.5) is 4.79 Å². The van der Waals surface area contributed by atoms with E-state index in [1.807, 2.05) is 4.90 Å². The molecular weight excluding hydrogens is 200 g/mol. The fourth-order valence-electron chi connectivity index (χ4n) is 3.13. The van der Waals surface area contributed by atoms with Crippen LogP contribution in [0.25, 0.3) is 0 Å². The van der Waals surface area contributed by atoms with Gasteiger partial charge in [-0.05, 0) is 37.5 Å². The van der Waals surface area contributed by atoms with Crippen molar-refractivity contribution < 1.29 is 4.79 Å². The quantitative estimate of drug-likeness (QED) is 0.453. The van der Waals surface area contributed by atoms with E-state index in [4.69, 9.17) is 0 Å². The van der Waals surface area contributed by atoms with Crippen molar-refractivity contribution in [2.45, 2.75) is 32.1 Å². The second-order valence-corrected chi connectivity index (χ2v) is 5.51. The first-order valence-corrected chi connectivity index (χ1v) is 6.48. The molecular formula is C13H20N2O. The molecule has 3 nitrogen and oxygen atoms in total. The molecule has 0 aromatic heterocycles. The largest absolute Gasteiger partial charge is 0.324 e. The molecule has 2 heterocycles. The van der Waals surface area contributed by atoms with Crippen LogP contribution in [0.15, 0.2) is 12.2 Å². The lowest BCUT2D eigenvalue weighted by atomic mass is 9.71. The van der Waals surface area contributed by atoms with Gasteiger partial charge in [-0.25, -0.2) is 4.79 Å². The molecule has 1 aliphatic carbocycles. The highest BCUT2D eigenvalue weighted by Gasteiger charge is 2.39. The van der Waals surface area contributed by atoms with Gasteiger partial charge in [-0.1, -0.05) is 12.2 Å². The summed E-state index contributed by atoms with van der Waals surface area (Å²) in [7, 11) is 0. The van der Waals surface area contributed by atoms with Crippen LogP contribution in [-0.4, -0.2) is 42.0 Å². The van der Waals surface area contributed by atoms with Crippen LogP contribution in [0.5, 0.6) is 0 Å². The Kier molecular flexibility index (Phi) is 2.41. The molecule has 0 bridgehead atoms. The Morgan fingerprint density at radius 1 is 1.06 bits per heavy atom. The first-order valence-electron chi connectivity index (χ1n) is 6.48. The Bertz CT molecular complexity index is 322. The molecule has 2 saturated heterocycles. The topological polar surface area (TPSA) is 23.3 Å². The fraction of sp³-hybridized carbons (Fsp3) is 0.769. The molecule has 88 valence electrons. The fourth-order valence-corrected chi connectivity index (χ4v) is 3.13. The van der Waals surface area contributed by atoms with E-state index in [-0.39, 0.29) is 6.03 Å². The summed E-state index contributed by atoms with van der Waals surface area (Å²) in [4.78, 5) is 16.1. The number of piperidine rings is 1. The van der Waals surface area contributed by atoms with E-state index in [1.54, 1.807) is 0 Å². The molecule has 3 heteroatoms. The van der Waals surface area contributed by atoms with Gasteiger partial charge in [0.1, 0.15) is 0 Å². The van der Waals surface area contributed by atoms with Crippen LogP contribution in [0, 0.1) is 5.41 Å². The average molecular weight is 220 g/mol. The van der Waals surface area contributed by atoms with Gasteiger partial charge in [-0.15, -0.1) is 0 Å². The minimum atomic E-state index is 0.286. The number of hydrogen-bond acceptors (Lipinski definition) is 1. The first-order chi connectivity index (χ1) is 7.79. The highest BCUT2D eigenvalue weighted by atomic mass is 16.2. The minimum Gasteiger partial charge on any atom is -0.324 e. The van der Waals surface area contributed by atoms with Crippen LogP contribution < -0.4 is 0 Å². The molecule has 0 N–H and O–H groups in total. The predicted molar refractivity (Wildman–Crippen MR) is 63.2 cm³/mol. The normalized spacial score (nSPS) is 33.2. The summed E-state index contributed by atoms with van der Waals surface area (Å²) in [6.07, 6.45) is 10.7. The van der Waals surface area contributed by atoms with Crippen molar-refractivity contribution in [2.75, 3.05) is 26.2 Å². The molecule has 16 heavy (non-hydrogen) atoms. The number of allylic oxidation sites excluding steroid dienone is 2. The second kappa shape index (κ2) is 3.79. The maximum absolute atomic E-state index is 12.0. The Balaban J connectivity index is 1.68. The lowest BCUT2D eigenvalue weighted by molar-refractivity contribution is 0.0900. The zero-order valence-corrected chi connectivity index (χ0v) is 9.82. The summed E-state index contributed by atoms with van der Waals surface area (Å²) in [6.45, 7) is 3.91. The van der Waals surface area contributed by atoms with Gasteiger partial charge in [-0.2, -0.15) is 0 Å². The third kappa shape index (κ3) is 1.83. The molecule has 3 aliphatic rings. The SMILES string of the molecule is O=C(N1CC1)N1CCCC2(CC=CCC2)C1. The summed E-state index contributed by atoms with van der Waals surface area (Å²) in [5.74, 6) is 0. The van der Waals surface area contributed by atoms with E-state index in [1.165, 1.54) is 32.1 Å². The zero-order chi connectivity index (χ0) is 11.0. The van der Waals surface area contributed by atoms with E-state index in [2.05, 4.69) is 17.1 Å². The molecule has 3 rings (SSSR count). The zero-order valence-electron chi connectivity index (χ0n) is 9.82. The monoisotopic (exact) mass is 220 g/mol. The lowest BCUT2D eigenvalue weighted by Crippen LogP contribution is -2.47. The summed E-state index contributed by atoms with van der Waals surface area (Å²) < 4.78 is 0. The van der Waals surface area contributed by atoms with E-state index in [0.717, 1.165) is 26.2 Å². The van der Waals surface area contributed by atoms with Gasteiger partial charge >= 0.3 is 6.03 Å². The molecule has 1 spiro atoms. The smallest absolute Gasteiger partial charge is 0.320 e. The molecule has 2 fully saturated rings. The molecule has 1 unspecified atom stereocenters. The van der Waals surface area contributed by atoms with Gasteiger partial charge in [0.2, 0.25) is 0 Å². The number of carbonyl (C=O) groups excluding carboxylic acids is 1. The van der Waals surface area contributed by atoms with Crippen molar-refractivity contribution in [3.8, 4) is 0 Å². The highest BCUT2D eigenvalue weighted by Crippen LogP contribution is 2.41. The Morgan fingerprint density at radius 2 is 1.94 bits per heavy atom. The average Bonchev–Trinajstić information content (AvgIpc) is 3.13. The van der Waals surface area contributed by atoms with Crippen molar-refractivity contribution >= 4 is 6.03 Å². The van der Waals surface area contributed by atoms with Gasteiger partial charge in [-0.3, -0.25) is 0 Å². The lowest BCUT2D eigenvalue weighted by Gasteiger charge is -2.43. The van der Waals surface area contributed by atoms with Crippen LogP contribution in [0.1, 0.15) is 32.1 Å². The van der Waals surface area contributed by atoms with Crippen LogP contribution in [0.2, 0.25) is 0 Å². The summed E-state index contributed by atoms with van der Waals surface area (Å²) in [5, 5.41) is 0. The molecule has 0 aromatic rings. The third-order valence-corrected chi connectivity index (χ3v) is 4.21. The van der Waals surface area contributed by atoms with Gasteiger partial charge in [0.25, 0.3) is 0 Å². The number of rotatable bonds is 0. The second-order valence-electron chi connectivity index (χ2n) is 5.51. The third-order valence-electron chi connectivity index (χ3n) is 4.21. The Hall–Kier alpha value is -0.990. The van der Waals surface area contributed by atoms with Gasteiger partial charge in [0.15, 0.2) is 0 Å². The van der Waals surface area contributed by atoms with Crippen molar-refractivity contribution in [1.82, 2.24) is 9.80 Å². The van der Waals surface area contributed by atoms with Crippen LogP contribution in [0.3, 0.4) is 0 Å². The van der Waals surface area contributed by atoms with Crippen LogP contribution >= 0.6 is 0 Å². The highest BCUT2D eigenvalue weighted by molar-refractivity contribution is 5.76. The standard InChI is InChI=1S/C13H20N2O/c16-12(14-9-10-14)15-8-4-7-13(11-15)5-2-1-3-6-13/h1-2H,3-11H2. The first kappa shape index (κ1) is 10.2. The predicted octanol–water partition coefficient (Wildman–Crippen LogP) is 2.24. The van der Waals surface area contributed by atoms with Gasteiger partial charge < -0.3 is 9.80 Å². The Labute approximate surface area is 97.1 Å². The van der Waals surface area contributed by atoms with Crippen molar-refractivity contribution in [2.24, 2.45) is 5.41 Å². The Morgan fingerprint density at radius 3 is 2.62 bits per heavy atom. The number of hydrogen-bond donors (Lipinski definition) is 0. The van der Waals surface area contributed by atoms with Crippen molar-refractivity contribution in [3.63, 3.8) is 0 Å². The number of urea groups is 1. The van der Waals surface area contributed by atoms with Gasteiger partial charge in [0.05, 0.1) is 0 Å². The van der Waals surface area contributed by atoms with Crippen molar-refractivity contribution in [3.05, 3.63) is 12.2 Å². The molecule has 0 radical (unpaired) electrons. The molecule has 1 atom stereocenters. The summed E-state index contributed by atoms with van der Waals surface area (Å²) in [5.41, 5.74) is 0.415. The summed E-state index contributed by atoms with van der Waals surface area (Å²) >= 11 is 0. The van der Waals surface area contributed by atoms with E-state index in [0.29, 0.717) is 5.41 Å². The van der Waals surface area contributed by atoms with E-state index >= 15 is 0 Å². The van der Waals surface area contributed by atoms with E-state index in [9.17, 15) is 4.79 Å². The van der Waals surface area contributed by atoms with Crippen molar-refractivity contribution in [1.29, 1.82) is 0 Å². The number of carbonyl (C=O) groups is 1. The van der Waals surface area contributed by atoms with E-state index < -0.39 is 0 Å².